The van der Waals surface area contributed by atoms with Crippen molar-refractivity contribution >= 4 is 27.7 Å². The van der Waals surface area contributed by atoms with E-state index in [1.807, 2.05) is 23.5 Å². The molecule has 6 heteroatoms. The van der Waals surface area contributed by atoms with Crippen LogP contribution in [-0.2, 0) is 7.05 Å². The third kappa shape index (κ3) is 3.48. The lowest BCUT2D eigenvalue weighted by Crippen LogP contribution is -2.31. The summed E-state index contributed by atoms with van der Waals surface area (Å²) >= 11 is 5.38. The summed E-state index contributed by atoms with van der Waals surface area (Å²) in [5.41, 5.74) is 3.93. The number of hydrogen-bond acceptors (Lipinski definition) is 4. The predicted molar refractivity (Wildman–Crippen MR) is 68.6 cm³/mol. The second-order valence-corrected chi connectivity index (χ2v) is 5.30. The van der Waals surface area contributed by atoms with E-state index in [4.69, 9.17) is 5.84 Å². The van der Waals surface area contributed by atoms with Crippen LogP contribution in [0.5, 0.6) is 0 Å². The molecule has 0 aliphatic rings. The summed E-state index contributed by atoms with van der Waals surface area (Å²) in [6.07, 6.45) is 2.98. The molecule has 0 saturated heterocycles. The summed E-state index contributed by atoms with van der Waals surface area (Å²) in [7, 11) is 1.93. The number of nitrogens with zero attached hydrogens (tertiary/aromatic N) is 2. The third-order valence-corrected chi connectivity index (χ3v) is 3.98. The zero-order chi connectivity index (χ0) is 11.3. The van der Waals surface area contributed by atoms with E-state index in [-0.39, 0.29) is 6.04 Å². The van der Waals surface area contributed by atoms with Crippen molar-refractivity contribution in [2.24, 2.45) is 12.9 Å². The molecule has 1 rings (SSSR count). The number of hydrogen-bond donors (Lipinski definition) is 2. The smallest absolute Gasteiger partial charge is 0.0730 e. The molecule has 15 heavy (non-hydrogen) atoms. The first-order valence-electron chi connectivity index (χ1n) is 4.92. The topological polar surface area (TPSA) is 55.9 Å². The van der Waals surface area contributed by atoms with Gasteiger partial charge >= 0.3 is 0 Å². The Balaban J connectivity index is 2.65. The molecule has 0 saturated carbocycles. The van der Waals surface area contributed by atoms with E-state index in [9.17, 15) is 0 Å². The van der Waals surface area contributed by atoms with Crippen molar-refractivity contribution in [2.45, 2.75) is 19.4 Å². The molecule has 0 spiro atoms. The Morgan fingerprint density at radius 1 is 1.73 bits per heavy atom. The van der Waals surface area contributed by atoms with Crippen LogP contribution < -0.4 is 11.3 Å². The lowest BCUT2D eigenvalue weighted by Gasteiger charge is -2.16. The van der Waals surface area contributed by atoms with Crippen LogP contribution in [0.2, 0.25) is 0 Å². The number of nitrogens with one attached hydrogen (secondary N) is 1. The second-order valence-electron chi connectivity index (χ2n) is 3.30. The van der Waals surface area contributed by atoms with Gasteiger partial charge < -0.3 is 0 Å². The number of halogens is 1. The van der Waals surface area contributed by atoms with E-state index < -0.39 is 0 Å². The van der Waals surface area contributed by atoms with Crippen LogP contribution in [0.4, 0.5) is 0 Å². The molecule has 0 bridgehead atoms. The Kier molecular flexibility index (Phi) is 5.66. The summed E-state index contributed by atoms with van der Waals surface area (Å²) in [6.45, 7) is 2.18. The van der Waals surface area contributed by atoms with Gasteiger partial charge in [0, 0.05) is 12.8 Å². The molecule has 1 unspecified atom stereocenters. The Morgan fingerprint density at radius 3 is 2.93 bits per heavy atom. The summed E-state index contributed by atoms with van der Waals surface area (Å²) < 4.78 is 2.85. The fraction of sp³-hybridized carbons (Fsp3) is 0.667. The first-order chi connectivity index (χ1) is 7.20. The average molecular weight is 293 g/mol. The van der Waals surface area contributed by atoms with Gasteiger partial charge in [0.25, 0.3) is 0 Å². The van der Waals surface area contributed by atoms with Gasteiger partial charge in [0.05, 0.1) is 22.4 Å². The van der Waals surface area contributed by atoms with Crippen molar-refractivity contribution in [3.8, 4) is 0 Å². The number of aryl methyl sites for hydroxylation is 1. The summed E-state index contributed by atoms with van der Waals surface area (Å²) in [4.78, 5) is 0. The standard InChI is InChI=1S/C9H17BrN4S/c1-3-4-15-6-8(13-11)9-7(10)5-12-14(9)2/h5,8,13H,3-4,6,11H2,1-2H3. The van der Waals surface area contributed by atoms with Crippen molar-refractivity contribution in [1.29, 1.82) is 0 Å². The SMILES string of the molecule is CCCSCC(NN)c1c(Br)cnn1C. The lowest BCUT2D eigenvalue weighted by molar-refractivity contribution is 0.552. The highest BCUT2D eigenvalue weighted by Gasteiger charge is 2.17. The summed E-state index contributed by atoms with van der Waals surface area (Å²) in [6, 6.07) is 0.142. The van der Waals surface area contributed by atoms with Gasteiger partial charge in [0.2, 0.25) is 0 Å². The molecule has 1 heterocycles. The molecular formula is C9H17BrN4S. The quantitative estimate of drug-likeness (QED) is 0.477. The second kappa shape index (κ2) is 6.52. The van der Waals surface area contributed by atoms with Gasteiger partial charge in [-0.05, 0) is 28.1 Å². The minimum atomic E-state index is 0.142. The van der Waals surface area contributed by atoms with Gasteiger partial charge in [-0.25, -0.2) is 0 Å². The molecule has 0 amide bonds. The number of nitrogens with two attached hydrogens (primary N) is 1. The van der Waals surface area contributed by atoms with Crippen molar-refractivity contribution in [3.63, 3.8) is 0 Å². The molecule has 1 aromatic heterocycles. The number of rotatable bonds is 6. The molecular weight excluding hydrogens is 276 g/mol. The average Bonchev–Trinajstić information content (AvgIpc) is 2.55. The Labute approximate surface area is 103 Å². The molecule has 1 atom stereocenters. The molecule has 0 aromatic carbocycles. The van der Waals surface area contributed by atoms with Crippen LogP contribution in [0.3, 0.4) is 0 Å². The highest BCUT2D eigenvalue weighted by molar-refractivity contribution is 9.10. The zero-order valence-corrected chi connectivity index (χ0v) is 11.4. The van der Waals surface area contributed by atoms with Crippen LogP contribution in [0, 0.1) is 0 Å². The van der Waals surface area contributed by atoms with Gasteiger partial charge in [0.15, 0.2) is 0 Å². The monoisotopic (exact) mass is 292 g/mol. The van der Waals surface area contributed by atoms with Crippen LogP contribution in [0.25, 0.3) is 0 Å². The molecule has 1 aromatic rings. The number of hydrazine groups is 1. The minimum Gasteiger partial charge on any atom is -0.271 e. The van der Waals surface area contributed by atoms with E-state index in [1.165, 1.54) is 6.42 Å². The van der Waals surface area contributed by atoms with Gasteiger partial charge in [0.1, 0.15) is 0 Å². The Morgan fingerprint density at radius 2 is 2.47 bits per heavy atom. The van der Waals surface area contributed by atoms with Crippen LogP contribution in [0.15, 0.2) is 10.7 Å². The van der Waals surface area contributed by atoms with Crippen molar-refractivity contribution < 1.29 is 0 Å². The predicted octanol–water partition coefficient (Wildman–Crippen LogP) is 1.83. The van der Waals surface area contributed by atoms with E-state index in [1.54, 1.807) is 6.20 Å². The fourth-order valence-electron chi connectivity index (χ4n) is 1.36. The fourth-order valence-corrected chi connectivity index (χ4v) is 2.93. The maximum absolute atomic E-state index is 5.56. The zero-order valence-electron chi connectivity index (χ0n) is 9.03. The van der Waals surface area contributed by atoms with Gasteiger partial charge in [-0.1, -0.05) is 6.92 Å². The van der Waals surface area contributed by atoms with Crippen LogP contribution in [-0.4, -0.2) is 21.3 Å². The first-order valence-corrected chi connectivity index (χ1v) is 6.86. The number of thioether (sulfide) groups is 1. The van der Waals surface area contributed by atoms with E-state index in [2.05, 4.69) is 33.4 Å². The van der Waals surface area contributed by atoms with E-state index >= 15 is 0 Å². The molecule has 0 radical (unpaired) electrons. The van der Waals surface area contributed by atoms with Gasteiger partial charge in [-0.2, -0.15) is 16.9 Å². The highest BCUT2D eigenvalue weighted by Crippen LogP contribution is 2.24. The van der Waals surface area contributed by atoms with E-state index in [0.717, 1.165) is 21.7 Å². The van der Waals surface area contributed by atoms with Gasteiger partial charge in [-0.3, -0.25) is 16.0 Å². The third-order valence-electron chi connectivity index (χ3n) is 2.10. The minimum absolute atomic E-state index is 0.142. The lowest BCUT2D eigenvalue weighted by atomic mass is 10.2. The van der Waals surface area contributed by atoms with Crippen molar-refractivity contribution in [1.82, 2.24) is 15.2 Å². The largest absolute Gasteiger partial charge is 0.271 e. The highest BCUT2D eigenvalue weighted by atomic mass is 79.9. The van der Waals surface area contributed by atoms with Crippen molar-refractivity contribution in [3.05, 3.63) is 16.4 Å². The molecule has 4 nitrogen and oxygen atoms in total. The summed E-state index contributed by atoms with van der Waals surface area (Å²) in [5.74, 6) is 7.68. The molecule has 3 N–H and O–H groups in total. The molecule has 0 fully saturated rings. The van der Waals surface area contributed by atoms with Crippen LogP contribution >= 0.6 is 27.7 Å². The molecule has 0 aliphatic carbocycles. The van der Waals surface area contributed by atoms with E-state index in [0.29, 0.717) is 0 Å². The summed E-state index contributed by atoms with van der Waals surface area (Å²) in [5, 5.41) is 4.18. The van der Waals surface area contributed by atoms with Crippen LogP contribution in [0.1, 0.15) is 25.1 Å². The first kappa shape index (κ1) is 13.0. The Bertz CT molecular complexity index is 283. The van der Waals surface area contributed by atoms with Gasteiger partial charge in [-0.15, -0.1) is 0 Å². The van der Waals surface area contributed by atoms with Crippen molar-refractivity contribution in [2.75, 3.05) is 11.5 Å². The normalized spacial score (nSPS) is 13.1. The molecule has 0 aliphatic heterocycles. The number of aromatic nitrogens is 2. The Hall–Kier alpha value is -0.0400. The maximum Gasteiger partial charge on any atom is 0.0730 e. The maximum atomic E-state index is 5.56. The molecule has 86 valence electrons.